The highest BCUT2D eigenvalue weighted by Gasteiger charge is 2.38. The fourth-order valence-corrected chi connectivity index (χ4v) is 9.70. The van der Waals surface area contributed by atoms with Gasteiger partial charge in [0.25, 0.3) is 0 Å². The van der Waals surface area contributed by atoms with Crippen LogP contribution in [-0.4, -0.2) is 0 Å². The Balaban J connectivity index is 1.10. The van der Waals surface area contributed by atoms with Gasteiger partial charge in [0.1, 0.15) is 0 Å². The molecule has 53 heavy (non-hydrogen) atoms. The van der Waals surface area contributed by atoms with Crippen LogP contribution in [0.1, 0.15) is 25.0 Å². The molecule has 0 radical (unpaired) electrons. The Morgan fingerprint density at radius 1 is 0.283 bits per heavy atom. The summed E-state index contributed by atoms with van der Waals surface area (Å²) in [5.74, 6) is 0. The number of fused-ring (bicyclic) bond motifs is 10. The summed E-state index contributed by atoms with van der Waals surface area (Å²) in [7, 11) is 0. The highest BCUT2D eigenvalue weighted by molar-refractivity contribution is 6.25. The van der Waals surface area contributed by atoms with E-state index < -0.39 is 0 Å². The van der Waals surface area contributed by atoms with Gasteiger partial charge in [-0.15, -0.1) is 0 Å². The molecule has 0 nitrogen and oxygen atoms in total. The van der Waals surface area contributed by atoms with E-state index in [1.54, 1.807) is 0 Å². The Morgan fingerprint density at radius 3 is 1.47 bits per heavy atom. The van der Waals surface area contributed by atoms with E-state index in [4.69, 9.17) is 0 Å². The predicted molar refractivity (Wildman–Crippen MR) is 228 cm³/mol. The standard InChI is InChI=1S/C53H36/c1-53(2)48-32-30-34-14-4-6-16-38(34)51(48)47-24-11-21-39(52(47)53)35-25-27-36(28-26-35)49-43-17-7-9-19-45(43)50(46-20-10-8-18-44(46)49)42-23-12-22-40-37-15-5-3-13-33(37)29-31-41(40)42/h3-32H,1-2H3. The van der Waals surface area contributed by atoms with Crippen molar-refractivity contribution in [2.75, 3.05) is 0 Å². The second kappa shape index (κ2) is 11.2. The van der Waals surface area contributed by atoms with Crippen molar-refractivity contribution in [1.82, 2.24) is 0 Å². The molecule has 0 amide bonds. The van der Waals surface area contributed by atoms with Crippen molar-refractivity contribution in [3.8, 4) is 44.5 Å². The van der Waals surface area contributed by atoms with Crippen molar-refractivity contribution in [3.05, 3.63) is 193 Å². The molecule has 1 aliphatic carbocycles. The first kappa shape index (κ1) is 30.2. The molecule has 0 aliphatic heterocycles. The topological polar surface area (TPSA) is 0 Å². The van der Waals surface area contributed by atoms with Gasteiger partial charge in [-0.05, 0) is 109 Å². The van der Waals surface area contributed by atoms with Crippen LogP contribution in [0, 0.1) is 0 Å². The molecule has 0 heterocycles. The summed E-state index contributed by atoms with van der Waals surface area (Å²) in [4.78, 5) is 0. The van der Waals surface area contributed by atoms with Crippen LogP contribution in [0.15, 0.2) is 182 Å². The maximum atomic E-state index is 2.39. The molecule has 10 aromatic carbocycles. The summed E-state index contributed by atoms with van der Waals surface area (Å²) < 4.78 is 0. The number of hydrogen-bond acceptors (Lipinski definition) is 0. The minimum Gasteiger partial charge on any atom is -0.0616 e. The molecule has 0 saturated carbocycles. The van der Waals surface area contributed by atoms with E-state index in [0.29, 0.717) is 0 Å². The van der Waals surface area contributed by atoms with E-state index in [1.807, 2.05) is 0 Å². The van der Waals surface area contributed by atoms with Gasteiger partial charge >= 0.3 is 0 Å². The monoisotopic (exact) mass is 672 g/mol. The first-order chi connectivity index (χ1) is 26.1. The maximum Gasteiger partial charge on any atom is 0.0165 e. The van der Waals surface area contributed by atoms with Crippen LogP contribution in [0.5, 0.6) is 0 Å². The van der Waals surface area contributed by atoms with E-state index in [1.165, 1.54) is 109 Å². The molecule has 248 valence electrons. The molecule has 0 aromatic heterocycles. The van der Waals surface area contributed by atoms with Crippen molar-refractivity contribution in [3.63, 3.8) is 0 Å². The van der Waals surface area contributed by atoms with Gasteiger partial charge < -0.3 is 0 Å². The molecule has 0 saturated heterocycles. The normalized spacial score (nSPS) is 13.2. The number of hydrogen-bond donors (Lipinski definition) is 0. The Morgan fingerprint density at radius 2 is 0.774 bits per heavy atom. The zero-order chi connectivity index (χ0) is 35.3. The van der Waals surface area contributed by atoms with Crippen LogP contribution in [0.3, 0.4) is 0 Å². The van der Waals surface area contributed by atoms with E-state index in [0.717, 1.165) is 0 Å². The van der Waals surface area contributed by atoms with Crippen molar-refractivity contribution in [2.24, 2.45) is 0 Å². The highest BCUT2D eigenvalue weighted by Crippen LogP contribution is 2.54. The van der Waals surface area contributed by atoms with E-state index in [9.17, 15) is 0 Å². The summed E-state index contributed by atoms with van der Waals surface area (Å²) in [5.41, 5.74) is 13.1. The third kappa shape index (κ3) is 4.30. The maximum absolute atomic E-state index is 2.39. The van der Waals surface area contributed by atoms with E-state index in [-0.39, 0.29) is 5.41 Å². The molecular formula is C53H36. The number of benzene rings is 10. The Bertz CT molecular complexity index is 3060. The fraction of sp³-hybridized carbons (Fsp3) is 0.0566. The molecule has 0 N–H and O–H groups in total. The minimum atomic E-state index is -0.111. The predicted octanol–water partition coefficient (Wildman–Crippen LogP) is 14.8. The first-order valence-electron chi connectivity index (χ1n) is 18.7. The lowest BCUT2D eigenvalue weighted by Crippen LogP contribution is -2.16. The van der Waals surface area contributed by atoms with E-state index >= 15 is 0 Å². The highest BCUT2D eigenvalue weighted by atomic mass is 14.4. The Kier molecular flexibility index (Phi) is 6.40. The quantitative estimate of drug-likeness (QED) is 0.129. The molecule has 0 unspecified atom stereocenters. The van der Waals surface area contributed by atoms with Gasteiger partial charge in [-0.25, -0.2) is 0 Å². The van der Waals surface area contributed by atoms with Gasteiger partial charge in [0.15, 0.2) is 0 Å². The SMILES string of the molecule is CC1(C)c2ccc3ccccc3c2-c2cccc(-c3ccc(-c4c5ccccc5c(-c5cccc6c5ccc5ccccc56)c5ccccc45)cc3)c21. The average molecular weight is 673 g/mol. The molecule has 0 atom stereocenters. The van der Waals surface area contributed by atoms with Crippen LogP contribution < -0.4 is 0 Å². The van der Waals surface area contributed by atoms with Gasteiger partial charge in [-0.3, -0.25) is 0 Å². The second-order valence-electron chi connectivity index (χ2n) is 15.2. The van der Waals surface area contributed by atoms with Crippen molar-refractivity contribution in [1.29, 1.82) is 0 Å². The lowest BCUT2D eigenvalue weighted by atomic mass is 9.78. The summed E-state index contributed by atoms with van der Waals surface area (Å²) in [5, 5.41) is 12.9. The molecule has 10 aromatic rings. The van der Waals surface area contributed by atoms with Gasteiger partial charge in [0, 0.05) is 5.41 Å². The van der Waals surface area contributed by atoms with Gasteiger partial charge in [-0.2, -0.15) is 0 Å². The summed E-state index contributed by atoms with van der Waals surface area (Å²) >= 11 is 0. The molecule has 0 heteroatoms. The van der Waals surface area contributed by atoms with Crippen molar-refractivity contribution in [2.45, 2.75) is 19.3 Å². The fourth-order valence-electron chi connectivity index (χ4n) is 9.70. The third-order valence-electron chi connectivity index (χ3n) is 12.0. The van der Waals surface area contributed by atoms with Crippen LogP contribution >= 0.6 is 0 Å². The lowest BCUT2D eigenvalue weighted by molar-refractivity contribution is 0.662. The molecule has 0 bridgehead atoms. The van der Waals surface area contributed by atoms with Crippen molar-refractivity contribution >= 4 is 53.9 Å². The third-order valence-corrected chi connectivity index (χ3v) is 12.0. The molecule has 1 aliphatic rings. The largest absolute Gasteiger partial charge is 0.0616 e. The zero-order valence-corrected chi connectivity index (χ0v) is 29.8. The smallest absolute Gasteiger partial charge is 0.0165 e. The Hall–Kier alpha value is -6.50. The molecule has 0 spiro atoms. The number of rotatable bonds is 3. The molecule has 0 fully saturated rings. The van der Waals surface area contributed by atoms with Crippen molar-refractivity contribution < 1.29 is 0 Å². The van der Waals surface area contributed by atoms with Crippen LogP contribution in [0.25, 0.3) is 98.4 Å². The lowest BCUT2D eigenvalue weighted by Gasteiger charge is -2.25. The summed E-state index contributed by atoms with van der Waals surface area (Å²) in [6, 6.07) is 67.8. The molecular weight excluding hydrogens is 637 g/mol. The van der Waals surface area contributed by atoms with E-state index in [2.05, 4.69) is 196 Å². The van der Waals surface area contributed by atoms with Gasteiger partial charge in [0.05, 0.1) is 0 Å². The van der Waals surface area contributed by atoms with Gasteiger partial charge in [-0.1, -0.05) is 196 Å². The van der Waals surface area contributed by atoms with Crippen LogP contribution in [0.4, 0.5) is 0 Å². The average Bonchev–Trinajstić information content (AvgIpc) is 3.46. The second-order valence-corrected chi connectivity index (χ2v) is 15.2. The summed E-state index contributed by atoms with van der Waals surface area (Å²) in [6.07, 6.45) is 0. The zero-order valence-electron chi connectivity index (χ0n) is 29.8. The molecule has 11 rings (SSSR count). The van der Waals surface area contributed by atoms with Gasteiger partial charge in [0.2, 0.25) is 0 Å². The summed E-state index contributed by atoms with van der Waals surface area (Å²) in [6.45, 7) is 4.78. The minimum absolute atomic E-state index is 0.111. The first-order valence-corrected chi connectivity index (χ1v) is 18.7. The Labute approximate surface area is 309 Å². The van der Waals surface area contributed by atoms with Crippen LogP contribution in [-0.2, 0) is 5.41 Å². The van der Waals surface area contributed by atoms with Crippen LogP contribution in [0.2, 0.25) is 0 Å².